The first-order valence-electron chi connectivity index (χ1n) is 6.20. The van der Waals surface area contributed by atoms with Gasteiger partial charge in [0.2, 0.25) is 0 Å². The van der Waals surface area contributed by atoms with Crippen LogP contribution in [0, 0.1) is 0 Å². The molecular formula is C14H18O4. The van der Waals surface area contributed by atoms with Crippen molar-refractivity contribution in [2.75, 3.05) is 13.7 Å². The minimum Gasteiger partial charge on any atom is -0.497 e. The second-order valence-corrected chi connectivity index (χ2v) is 4.49. The van der Waals surface area contributed by atoms with Gasteiger partial charge in [-0.2, -0.15) is 0 Å². The zero-order valence-corrected chi connectivity index (χ0v) is 10.5. The molecule has 0 spiro atoms. The molecule has 0 aliphatic carbocycles. The highest BCUT2D eigenvalue weighted by Crippen LogP contribution is 2.29. The van der Waals surface area contributed by atoms with Crippen molar-refractivity contribution in [3.05, 3.63) is 29.8 Å². The van der Waals surface area contributed by atoms with Gasteiger partial charge in [-0.3, -0.25) is 4.79 Å². The molecule has 98 valence electrons. The zero-order chi connectivity index (χ0) is 13.0. The van der Waals surface area contributed by atoms with Crippen molar-refractivity contribution in [2.45, 2.75) is 31.3 Å². The van der Waals surface area contributed by atoms with Crippen LogP contribution in [0.25, 0.3) is 0 Å². The van der Waals surface area contributed by atoms with Crippen molar-refractivity contribution in [2.24, 2.45) is 0 Å². The fraction of sp³-hybridized carbons (Fsp3) is 0.500. The Morgan fingerprint density at radius 3 is 2.61 bits per heavy atom. The van der Waals surface area contributed by atoms with Gasteiger partial charge in [-0.1, -0.05) is 12.1 Å². The minimum absolute atomic E-state index is 0.218. The van der Waals surface area contributed by atoms with Gasteiger partial charge >= 0.3 is 5.97 Å². The standard InChI is InChI=1S/C14H18O4/c1-17-11-7-5-10(6-8-11)13(14(15)16)12-4-2-3-9-18-12/h5-8,12-13H,2-4,9H2,1H3,(H,15,16). The lowest BCUT2D eigenvalue weighted by molar-refractivity contribution is -0.144. The highest BCUT2D eigenvalue weighted by Gasteiger charge is 2.31. The van der Waals surface area contributed by atoms with Crippen molar-refractivity contribution in [3.63, 3.8) is 0 Å². The fourth-order valence-corrected chi connectivity index (χ4v) is 2.36. The van der Waals surface area contributed by atoms with Crippen LogP contribution >= 0.6 is 0 Å². The van der Waals surface area contributed by atoms with E-state index in [1.54, 1.807) is 31.4 Å². The molecule has 2 rings (SSSR count). The molecule has 1 fully saturated rings. The van der Waals surface area contributed by atoms with E-state index in [0.717, 1.165) is 30.6 Å². The van der Waals surface area contributed by atoms with Crippen LogP contribution in [-0.4, -0.2) is 30.9 Å². The number of hydrogen-bond donors (Lipinski definition) is 1. The van der Waals surface area contributed by atoms with Crippen LogP contribution < -0.4 is 4.74 Å². The second-order valence-electron chi connectivity index (χ2n) is 4.49. The molecule has 1 aliphatic heterocycles. The van der Waals surface area contributed by atoms with Crippen LogP contribution in [0.5, 0.6) is 5.75 Å². The van der Waals surface area contributed by atoms with E-state index in [9.17, 15) is 9.90 Å². The topological polar surface area (TPSA) is 55.8 Å². The molecule has 4 nitrogen and oxygen atoms in total. The molecule has 0 aromatic heterocycles. The molecular weight excluding hydrogens is 232 g/mol. The van der Waals surface area contributed by atoms with Crippen LogP contribution in [0.4, 0.5) is 0 Å². The maximum absolute atomic E-state index is 11.4. The molecule has 1 aromatic rings. The second kappa shape index (κ2) is 5.87. The first-order chi connectivity index (χ1) is 8.72. The first-order valence-corrected chi connectivity index (χ1v) is 6.20. The Morgan fingerprint density at radius 2 is 2.11 bits per heavy atom. The molecule has 1 N–H and O–H groups in total. The Morgan fingerprint density at radius 1 is 1.39 bits per heavy atom. The van der Waals surface area contributed by atoms with E-state index in [1.165, 1.54) is 0 Å². The maximum Gasteiger partial charge on any atom is 0.313 e. The van der Waals surface area contributed by atoms with Gasteiger partial charge in [-0.05, 0) is 37.0 Å². The van der Waals surface area contributed by atoms with Gasteiger partial charge in [0.25, 0.3) is 0 Å². The van der Waals surface area contributed by atoms with E-state index in [1.807, 2.05) is 0 Å². The van der Waals surface area contributed by atoms with Gasteiger partial charge in [0.1, 0.15) is 11.7 Å². The average Bonchev–Trinajstić information content (AvgIpc) is 2.40. The number of rotatable bonds is 4. The lowest BCUT2D eigenvalue weighted by atomic mass is 9.89. The summed E-state index contributed by atoms with van der Waals surface area (Å²) in [6, 6.07) is 7.17. The van der Waals surface area contributed by atoms with Crippen molar-refractivity contribution in [1.29, 1.82) is 0 Å². The Hall–Kier alpha value is -1.55. The Labute approximate surface area is 107 Å². The van der Waals surface area contributed by atoms with Gasteiger partial charge in [0.05, 0.1) is 13.2 Å². The first kappa shape index (κ1) is 12.9. The number of carbonyl (C=O) groups is 1. The van der Waals surface area contributed by atoms with E-state index >= 15 is 0 Å². The Kier molecular flexibility index (Phi) is 4.20. The molecule has 1 aromatic carbocycles. The average molecular weight is 250 g/mol. The van der Waals surface area contributed by atoms with E-state index in [0.29, 0.717) is 6.61 Å². The van der Waals surface area contributed by atoms with Crippen LogP contribution in [0.1, 0.15) is 30.7 Å². The summed E-state index contributed by atoms with van der Waals surface area (Å²) in [6.45, 7) is 0.657. The Balaban J connectivity index is 2.20. The molecule has 1 aliphatic rings. The molecule has 1 saturated heterocycles. The molecule has 4 heteroatoms. The fourth-order valence-electron chi connectivity index (χ4n) is 2.36. The predicted octanol–water partition coefficient (Wildman–Crippen LogP) is 2.43. The minimum atomic E-state index is -0.827. The van der Waals surface area contributed by atoms with Crippen molar-refractivity contribution >= 4 is 5.97 Å². The van der Waals surface area contributed by atoms with E-state index in [4.69, 9.17) is 9.47 Å². The van der Waals surface area contributed by atoms with Gasteiger partial charge in [-0.25, -0.2) is 0 Å². The number of carboxylic acid groups (broad SMARTS) is 1. The molecule has 0 bridgehead atoms. The number of methoxy groups -OCH3 is 1. The zero-order valence-electron chi connectivity index (χ0n) is 10.5. The molecule has 0 saturated carbocycles. The highest BCUT2D eigenvalue weighted by molar-refractivity contribution is 5.77. The van der Waals surface area contributed by atoms with Gasteiger partial charge < -0.3 is 14.6 Å². The third-order valence-corrected chi connectivity index (χ3v) is 3.33. The summed E-state index contributed by atoms with van der Waals surface area (Å²) < 4.78 is 10.7. The van der Waals surface area contributed by atoms with Crippen LogP contribution in [0.15, 0.2) is 24.3 Å². The van der Waals surface area contributed by atoms with E-state index in [-0.39, 0.29) is 6.10 Å². The van der Waals surface area contributed by atoms with E-state index in [2.05, 4.69) is 0 Å². The summed E-state index contributed by atoms with van der Waals surface area (Å²) in [7, 11) is 1.59. The number of aliphatic carboxylic acids is 1. The number of hydrogen-bond acceptors (Lipinski definition) is 3. The molecule has 0 radical (unpaired) electrons. The molecule has 2 atom stereocenters. The maximum atomic E-state index is 11.4. The number of carboxylic acids is 1. The van der Waals surface area contributed by atoms with Crippen molar-refractivity contribution in [3.8, 4) is 5.75 Å². The SMILES string of the molecule is COc1ccc(C(C(=O)O)C2CCCCO2)cc1. The molecule has 18 heavy (non-hydrogen) atoms. The summed E-state index contributed by atoms with van der Waals surface area (Å²) in [5, 5.41) is 9.39. The van der Waals surface area contributed by atoms with Gasteiger partial charge in [0.15, 0.2) is 0 Å². The number of benzene rings is 1. The molecule has 0 amide bonds. The lowest BCUT2D eigenvalue weighted by Gasteiger charge is -2.28. The lowest BCUT2D eigenvalue weighted by Crippen LogP contribution is -2.31. The quantitative estimate of drug-likeness (QED) is 0.891. The highest BCUT2D eigenvalue weighted by atomic mass is 16.5. The smallest absolute Gasteiger partial charge is 0.313 e. The normalized spacial score (nSPS) is 21.3. The summed E-state index contributed by atoms with van der Waals surface area (Å²) >= 11 is 0. The molecule has 2 unspecified atom stereocenters. The third-order valence-electron chi connectivity index (χ3n) is 3.33. The largest absolute Gasteiger partial charge is 0.497 e. The van der Waals surface area contributed by atoms with Gasteiger partial charge in [-0.15, -0.1) is 0 Å². The monoisotopic (exact) mass is 250 g/mol. The van der Waals surface area contributed by atoms with Gasteiger partial charge in [0, 0.05) is 6.61 Å². The van der Waals surface area contributed by atoms with Crippen LogP contribution in [-0.2, 0) is 9.53 Å². The summed E-state index contributed by atoms with van der Waals surface area (Å²) in [5.74, 6) is -0.685. The van der Waals surface area contributed by atoms with Crippen molar-refractivity contribution in [1.82, 2.24) is 0 Å². The van der Waals surface area contributed by atoms with Crippen LogP contribution in [0.3, 0.4) is 0 Å². The summed E-state index contributed by atoms with van der Waals surface area (Å²) in [6.07, 6.45) is 2.64. The predicted molar refractivity (Wildman–Crippen MR) is 67.0 cm³/mol. The summed E-state index contributed by atoms with van der Waals surface area (Å²) in [5.41, 5.74) is 0.773. The summed E-state index contributed by atoms with van der Waals surface area (Å²) in [4.78, 5) is 11.4. The van der Waals surface area contributed by atoms with Crippen LogP contribution in [0.2, 0.25) is 0 Å². The third kappa shape index (κ3) is 2.82. The number of ether oxygens (including phenoxy) is 2. The Bertz CT molecular complexity index is 393. The van der Waals surface area contributed by atoms with E-state index < -0.39 is 11.9 Å². The van der Waals surface area contributed by atoms with Crippen molar-refractivity contribution < 1.29 is 19.4 Å². The molecule has 1 heterocycles.